The van der Waals surface area contributed by atoms with Crippen LogP contribution in [0, 0.1) is 5.92 Å². The van der Waals surface area contributed by atoms with Gasteiger partial charge in [0.25, 0.3) is 5.91 Å². The van der Waals surface area contributed by atoms with Gasteiger partial charge in [-0.05, 0) is 26.7 Å². The monoisotopic (exact) mass is 524 g/mol. The molecule has 11 nitrogen and oxygen atoms in total. The fourth-order valence-electron chi connectivity index (χ4n) is 4.15. The van der Waals surface area contributed by atoms with Gasteiger partial charge in [-0.3, -0.25) is 4.79 Å². The standard InChI is InChI=1S/C26H40N2O9/c1-6-9-10-18-17(4)37-26(31)19(12-14-34-20(18)7-2)28-25(30)23-24(21(32-5)11-13-27-23)36-16-35-22(29)15-33-8-3/h11,13,17-20H,6-10,12,14-16H2,1-5H3,(H,28,30)/t17-,18-,19-,20+/m0/s1. The number of esters is 2. The molecule has 4 atom stereocenters. The van der Waals surface area contributed by atoms with Gasteiger partial charge in [-0.15, -0.1) is 0 Å². The third-order valence-corrected chi connectivity index (χ3v) is 6.15. The number of rotatable bonds is 13. The van der Waals surface area contributed by atoms with Crippen molar-refractivity contribution in [3.8, 4) is 11.5 Å². The summed E-state index contributed by atoms with van der Waals surface area (Å²) in [6.07, 6.45) is 4.97. The Kier molecular flexibility index (Phi) is 13.1. The first-order valence-corrected chi connectivity index (χ1v) is 12.9. The van der Waals surface area contributed by atoms with Crippen molar-refractivity contribution >= 4 is 17.8 Å². The molecule has 2 heterocycles. The maximum atomic E-state index is 13.2. The van der Waals surface area contributed by atoms with Crippen molar-refractivity contribution in [1.29, 1.82) is 0 Å². The highest BCUT2D eigenvalue weighted by molar-refractivity contribution is 5.98. The molecule has 1 aromatic rings. The summed E-state index contributed by atoms with van der Waals surface area (Å²) >= 11 is 0. The number of hydrogen-bond acceptors (Lipinski definition) is 10. The molecule has 0 aliphatic carbocycles. The molecular weight excluding hydrogens is 484 g/mol. The Morgan fingerprint density at radius 2 is 2.03 bits per heavy atom. The lowest BCUT2D eigenvalue weighted by Gasteiger charge is -2.30. The Balaban J connectivity index is 2.14. The first kappa shape index (κ1) is 30.3. The van der Waals surface area contributed by atoms with Crippen LogP contribution in [0.25, 0.3) is 0 Å². The van der Waals surface area contributed by atoms with Gasteiger partial charge in [0.15, 0.2) is 17.2 Å². The van der Waals surface area contributed by atoms with Crippen molar-refractivity contribution < 1.29 is 42.8 Å². The van der Waals surface area contributed by atoms with Crippen LogP contribution in [0.1, 0.15) is 70.3 Å². The van der Waals surface area contributed by atoms with E-state index in [1.807, 2.05) is 6.92 Å². The molecule has 1 saturated heterocycles. The third-order valence-electron chi connectivity index (χ3n) is 6.15. The van der Waals surface area contributed by atoms with Crippen molar-refractivity contribution in [2.45, 2.75) is 78.0 Å². The lowest BCUT2D eigenvalue weighted by molar-refractivity contribution is -0.156. The molecule has 2 rings (SSSR count). The van der Waals surface area contributed by atoms with Gasteiger partial charge in [0, 0.05) is 37.8 Å². The Hall–Kier alpha value is -2.92. The van der Waals surface area contributed by atoms with Gasteiger partial charge >= 0.3 is 11.9 Å². The number of hydrogen-bond donors (Lipinski definition) is 1. The van der Waals surface area contributed by atoms with Crippen LogP contribution in [0.15, 0.2) is 12.3 Å². The molecule has 1 fully saturated rings. The fourth-order valence-corrected chi connectivity index (χ4v) is 4.15. The highest BCUT2D eigenvalue weighted by Crippen LogP contribution is 2.30. The number of unbranched alkanes of at least 4 members (excludes halogenated alkanes) is 1. The number of nitrogens with one attached hydrogen (secondary N) is 1. The Labute approximate surface area is 218 Å². The van der Waals surface area contributed by atoms with Gasteiger partial charge in [-0.25, -0.2) is 14.6 Å². The zero-order valence-electron chi connectivity index (χ0n) is 22.4. The van der Waals surface area contributed by atoms with E-state index in [1.165, 1.54) is 19.4 Å². The molecule has 1 N–H and O–H groups in total. The minimum atomic E-state index is -0.942. The average molecular weight is 525 g/mol. The van der Waals surface area contributed by atoms with Crippen LogP contribution in [-0.2, 0) is 28.5 Å². The largest absolute Gasteiger partial charge is 0.493 e. The van der Waals surface area contributed by atoms with E-state index < -0.39 is 30.7 Å². The first-order valence-electron chi connectivity index (χ1n) is 12.9. The lowest BCUT2D eigenvalue weighted by Crippen LogP contribution is -2.44. The van der Waals surface area contributed by atoms with E-state index in [2.05, 4.69) is 24.1 Å². The van der Waals surface area contributed by atoms with E-state index in [-0.39, 0.29) is 48.3 Å². The normalized spacial score (nSPS) is 22.1. The van der Waals surface area contributed by atoms with Crippen molar-refractivity contribution in [3.05, 3.63) is 18.0 Å². The molecule has 0 saturated carbocycles. The second-order valence-corrected chi connectivity index (χ2v) is 8.69. The number of aromatic nitrogens is 1. The van der Waals surface area contributed by atoms with E-state index in [0.29, 0.717) is 13.2 Å². The number of ether oxygens (including phenoxy) is 6. The van der Waals surface area contributed by atoms with Crippen LogP contribution in [0.4, 0.5) is 0 Å². The fraction of sp³-hybridized carbons (Fsp3) is 0.692. The SMILES string of the molecule is CCCC[C@H]1[C@H](C)OC(=O)[C@@H](NC(=O)c2nccc(OC)c2OCOC(=O)COCC)CCO[C@@H]1CC. The number of pyridine rings is 1. The predicted octanol–water partition coefficient (Wildman–Crippen LogP) is 3.04. The van der Waals surface area contributed by atoms with Crippen LogP contribution in [0.3, 0.4) is 0 Å². The molecule has 0 aromatic carbocycles. The van der Waals surface area contributed by atoms with Crippen molar-refractivity contribution in [3.63, 3.8) is 0 Å². The highest BCUT2D eigenvalue weighted by Gasteiger charge is 2.34. The number of carbonyl (C=O) groups excluding carboxylic acids is 3. The number of amides is 1. The van der Waals surface area contributed by atoms with Gasteiger partial charge in [-0.2, -0.15) is 0 Å². The summed E-state index contributed by atoms with van der Waals surface area (Å²) in [6.45, 7) is 7.75. The van der Waals surface area contributed by atoms with Gasteiger partial charge in [0.1, 0.15) is 18.8 Å². The predicted molar refractivity (Wildman–Crippen MR) is 133 cm³/mol. The number of nitrogens with zero attached hydrogens (tertiary/aromatic N) is 1. The molecule has 11 heteroatoms. The maximum absolute atomic E-state index is 13.2. The van der Waals surface area contributed by atoms with Gasteiger partial charge in [-0.1, -0.05) is 26.7 Å². The number of carbonyl (C=O) groups is 3. The number of cyclic esters (lactones) is 1. The second kappa shape index (κ2) is 16.0. The van der Waals surface area contributed by atoms with E-state index in [1.54, 1.807) is 6.92 Å². The van der Waals surface area contributed by atoms with E-state index in [4.69, 9.17) is 28.4 Å². The molecule has 1 aromatic heterocycles. The average Bonchev–Trinajstić information content (AvgIpc) is 2.94. The second-order valence-electron chi connectivity index (χ2n) is 8.69. The van der Waals surface area contributed by atoms with E-state index in [0.717, 1.165) is 25.7 Å². The molecule has 0 bridgehead atoms. The molecule has 1 aliphatic rings. The molecule has 1 amide bonds. The quantitative estimate of drug-likeness (QED) is 0.303. The maximum Gasteiger partial charge on any atom is 0.334 e. The molecule has 208 valence electrons. The van der Waals surface area contributed by atoms with Crippen molar-refractivity contribution in [2.24, 2.45) is 5.92 Å². The van der Waals surface area contributed by atoms with Crippen LogP contribution in [0.5, 0.6) is 11.5 Å². The summed E-state index contributed by atoms with van der Waals surface area (Å²) < 4.78 is 32.7. The zero-order valence-corrected chi connectivity index (χ0v) is 22.4. The van der Waals surface area contributed by atoms with Crippen molar-refractivity contribution in [2.75, 3.05) is 33.7 Å². The summed E-state index contributed by atoms with van der Waals surface area (Å²) in [6, 6.07) is 0.557. The van der Waals surface area contributed by atoms with Crippen LogP contribution < -0.4 is 14.8 Å². The molecular formula is C26H40N2O9. The van der Waals surface area contributed by atoms with Crippen molar-refractivity contribution in [1.82, 2.24) is 10.3 Å². The molecule has 0 radical (unpaired) electrons. The molecule has 0 spiro atoms. The van der Waals surface area contributed by atoms with E-state index >= 15 is 0 Å². The molecule has 1 aliphatic heterocycles. The minimum Gasteiger partial charge on any atom is -0.493 e. The summed E-state index contributed by atoms with van der Waals surface area (Å²) in [4.78, 5) is 42.0. The Morgan fingerprint density at radius 1 is 1.24 bits per heavy atom. The molecule has 37 heavy (non-hydrogen) atoms. The van der Waals surface area contributed by atoms with Crippen LogP contribution in [0.2, 0.25) is 0 Å². The summed E-state index contributed by atoms with van der Waals surface area (Å²) in [7, 11) is 1.40. The highest BCUT2D eigenvalue weighted by atomic mass is 16.7. The Bertz CT molecular complexity index is 880. The summed E-state index contributed by atoms with van der Waals surface area (Å²) in [5.41, 5.74) is -0.130. The summed E-state index contributed by atoms with van der Waals surface area (Å²) in [5, 5.41) is 2.69. The van der Waals surface area contributed by atoms with E-state index in [9.17, 15) is 14.4 Å². The van der Waals surface area contributed by atoms with Crippen LogP contribution in [-0.4, -0.2) is 74.8 Å². The summed E-state index contributed by atoms with van der Waals surface area (Å²) in [5.74, 6) is -1.57. The zero-order chi connectivity index (χ0) is 27.2. The lowest BCUT2D eigenvalue weighted by atomic mass is 9.89. The van der Waals surface area contributed by atoms with Gasteiger partial charge in [0.2, 0.25) is 6.79 Å². The topological polar surface area (TPSA) is 132 Å². The molecule has 0 unspecified atom stereocenters. The van der Waals surface area contributed by atoms with Gasteiger partial charge < -0.3 is 33.7 Å². The van der Waals surface area contributed by atoms with Crippen LogP contribution >= 0.6 is 0 Å². The smallest absolute Gasteiger partial charge is 0.334 e. The van der Waals surface area contributed by atoms with Gasteiger partial charge in [0.05, 0.1) is 13.2 Å². The first-order chi connectivity index (χ1) is 17.9. The Morgan fingerprint density at radius 3 is 2.70 bits per heavy atom. The number of methoxy groups -OCH3 is 1. The minimum absolute atomic E-state index is 0.0292. The third kappa shape index (κ3) is 9.15.